The number of carbonyl (C=O) groups is 2. The van der Waals surface area contributed by atoms with Crippen molar-refractivity contribution in [1.82, 2.24) is 0 Å². The number of phenolic OH excluding ortho intramolecular Hbond substituents is 2. The summed E-state index contributed by atoms with van der Waals surface area (Å²) in [5.41, 5.74) is 6.78. The van der Waals surface area contributed by atoms with Gasteiger partial charge in [-0.1, -0.05) is 24.3 Å². The first-order valence-corrected chi connectivity index (χ1v) is 10.8. The average molecular weight is 476 g/mol. The van der Waals surface area contributed by atoms with Crippen molar-refractivity contribution in [3.63, 3.8) is 0 Å². The molecule has 2 aromatic carbocycles. The van der Waals surface area contributed by atoms with E-state index in [0.717, 1.165) is 0 Å². The lowest BCUT2D eigenvalue weighted by Crippen LogP contribution is -2.51. The molecule has 1 saturated heterocycles. The van der Waals surface area contributed by atoms with E-state index in [-0.39, 0.29) is 52.6 Å². The largest absolute Gasteiger partial charge is 0.507 e. The number of benzene rings is 2. The molecular weight excluding hydrogens is 450 g/mol. The van der Waals surface area contributed by atoms with Gasteiger partial charge in [0.15, 0.2) is 17.9 Å². The molecule has 1 heterocycles. The summed E-state index contributed by atoms with van der Waals surface area (Å²) in [6.07, 6.45) is -0.812. The van der Waals surface area contributed by atoms with Crippen LogP contribution in [0.2, 0.25) is 0 Å². The number of ether oxygens (including phenoxy) is 2. The molecule has 0 saturated carbocycles. The molecule has 5 N–H and O–H groups in total. The van der Waals surface area contributed by atoms with Crippen LogP contribution in [0.25, 0.3) is 0 Å². The summed E-state index contributed by atoms with van der Waals surface area (Å²) in [5.74, 6) is -1.61. The van der Waals surface area contributed by atoms with Crippen molar-refractivity contribution in [2.24, 2.45) is 5.73 Å². The second-order valence-corrected chi connectivity index (χ2v) is 8.72. The second kappa shape index (κ2) is 8.70. The zero-order valence-electron chi connectivity index (χ0n) is 18.0. The number of aromatic hydroxyl groups is 2. The zero-order chi connectivity index (χ0) is 22.7. The van der Waals surface area contributed by atoms with Gasteiger partial charge in [0.25, 0.3) is 0 Å². The highest BCUT2D eigenvalue weighted by atomic mass is 35.5. The average Bonchev–Trinajstić information content (AvgIpc) is 2.78. The molecule has 2 aromatic rings. The maximum Gasteiger partial charge on any atom is 0.198 e. The number of ketones is 2. The van der Waals surface area contributed by atoms with E-state index >= 15 is 0 Å². The van der Waals surface area contributed by atoms with Crippen molar-refractivity contribution in [3.8, 4) is 11.5 Å². The van der Waals surface area contributed by atoms with E-state index in [9.17, 15) is 24.9 Å². The maximum atomic E-state index is 13.2. The fraction of sp³-hybridized carbons (Fsp3) is 0.417. The van der Waals surface area contributed by atoms with E-state index in [4.69, 9.17) is 15.2 Å². The highest BCUT2D eigenvalue weighted by Crippen LogP contribution is 2.49. The summed E-state index contributed by atoms with van der Waals surface area (Å²) in [7, 11) is 0. The van der Waals surface area contributed by atoms with Crippen molar-refractivity contribution in [2.75, 3.05) is 0 Å². The quantitative estimate of drug-likeness (QED) is 0.414. The molecule has 9 heteroatoms. The lowest BCUT2D eigenvalue weighted by atomic mass is 9.77. The van der Waals surface area contributed by atoms with Crippen LogP contribution in [-0.4, -0.2) is 51.4 Å². The number of fused-ring (bicyclic) bond motifs is 3. The number of phenols is 2. The number of carbonyl (C=O) groups excluding carboxylic acids is 2. The lowest BCUT2D eigenvalue weighted by Gasteiger charge is -2.39. The Labute approximate surface area is 196 Å². The third-order valence-electron chi connectivity index (χ3n) is 6.74. The first-order valence-electron chi connectivity index (χ1n) is 10.8. The van der Waals surface area contributed by atoms with Crippen LogP contribution in [0.15, 0.2) is 24.3 Å². The van der Waals surface area contributed by atoms with E-state index in [0.29, 0.717) is 30.4 Å². The molecule has 2 aliphatic carbocycles. The first kappa shape index (κ1) is 23.7. The fourth-order valence-electron chi connectivity index (χ4n) is 5.08. The number of aliphatic hydroxyl groups is 1. The Morgan fingerprint density at radius 3 is 2.27 bits per heavy atom. The van der Waals surface area contributed by atoms with Gasteiger partial charge in [0.2, 0.25) is 0 Å². The molecule has 8 nitrogen and oxygen atoms in total. The van der Waals surface area contributed by atoms with Crippen molar-refractivity contribution < 1.29 is 34.4 Å². The van der Waals surface area contributed by atoms with Gasteiger partial charge in [0, 0.05) is 34.7 Å². The molecule has 176 valence electrons. The van der Waals surface area contributed by atoms with Gasteiger partial charge >= 0.3 is 0 Å². The van der Waals surface area contributed by atoms with Crippen LogP contribution in [0.4, 0.5) is 0 Å². The Balaban J connectivity index is 0.00000259. The highest BCUT2D eigenvalue weighted by Gasteiger charge is 2.41. The van der Waals surface area contributed by atoms with Crippen LogP contribution in [0, 0.1) is 0 Å². The van der Waals surface area contributed by atoms with Gasteiger partial charge in [-0.2, -0.15) is 0 Å². The predicted octanol–water partition coefficient (Wildman–Crippen LogP) is 2.51. The molecule has 5 atom stereocenters. The molecule has 0 bridgehead atoms. The number of halogens is 1. The van der Waals surface area contributed by atoms with Gasteiger partial charge in [0.05, 0.1) is 29.4 Å². The normalized spacial score (nSPS) is 28.4. The van der Waals surface area contributed by atoms with E-state index < -0.39 is 42.2 Å². The van der Waals surface area contributed by atoms with E-state index in [1.54, 1.807) is 25.1 Å². The Morgan fingerprint density at radius 1 is 1.06 bits per heavy atom. The molecule has 1 aliphatic heterocycles. The summed E-state index contributed by atoms with van der Waals surface area (Å²) in [5, 5.41) is 32.3. The molecule has 0 aromatic heterocycles. The highest BCUT2D eigenvalue weighted by molar-refractivity contribution is 6.30. The number of rotatable bonds is 2. The molecule has 0 spiro atoms. The van der Waals surface area contributed by atoms with Gasteiger partial charge in [-0.3, -0.25) is 9.59 Å². The van der Waals surface area contributed by atoms with Gasteiger partial charge in [0.1, 0.15) is 11.5 Å². The number of aliphatic hydroxyl groups excluding tert-OH is 1. The minimum Gasteiger partial charge on any atom is -0.507 e. The summed E-state index contributed by atoms with van der Waals surface area (Å²) in [6.45, 7) is 1.70. The van der Waals surface area contributed by atoms with E-state index in [1.165, 1.54) is 6.07 Å². The molecule has 0 radical (unpaired) electrons. The van der Waals surface area contributed by atoms with Crippen LogP contribution in [0.1, 0.15) is 75.3 Å². The molecule has 0 unspecified atom stereocenters. The lowest BCUT2D eigenvalue weighted by molar-refractivity contribution is -0.242. The third kappa shape index (κ3) is 3.62. The minimum atomic E-state index is -0.804. The fourth-order valence-corrected chi connectivity index (χ4v) is 5.08. The Hall–Kier alpha value is -2.49. The van der Waals surface area contributed by atoms with Crippen molar-refractivity contribution in [3.05, 3.63) is 57.6 Å². The van der Waals surface area contributed by atoms with Gasteiger partial charge in [-0.15, -0.1) is 12.4 Å². The predicted molar refractivity (Wildman–Crippen MR) is 120 cm³/mol. The third-order valence-corrected chi connectivity index (χ3v) is 6.74. The molecule has 5 rings (SSSR count). The number of hydrogen-bond donors (Lipinski definition) is 4. The molecule has 33 heavy (non-hydrogen) atoms. The first-order chi connectivity index (χ1) is 15.3. The number of hydrogen-bond acceptors (Lipinski definition) is 8. The van der Waals surface area contributed by atoms with Crippen molar-refractivity contribution >= 4 is 24.0 Å². The summed E-state index contributed by atoms with van der Waals surface area (Å²) >= 11 is 0. The monoisotopic (exact) mass is 475 g/mol. The maximum absolute atomic E-state index is 13.2. The molecule has 3 aliphatic rings. The second-order valence-electron chi connectivity index (χ2n) is 8.72. The smallest absolute Gasteiger partial charge is 0.198 e. The zero-order valence-corrected chi connectivity index (χ0v) is 18.8. The van der Waals surface area contributed by atoms with Crippen LogP contribution < -0.4 is 5.73 Å². The van der Waals surface area contributed by atoms with E-state index in [2.05, 4.69) is 0 Å². The SMILES string of the molecule is C[C@@H]1O[C@@H](O[C@@H]2CCCc3c(O)c4c(c(O)c32)C(=O)c2ccccc2C4=O)C[C@H](N)[C@@H]1O.Cl. The van der Waals surface area contributed by atoms with Crippen molar-refractivity contribution in [1.29, 1.82) is 0 Å². The summed E-state index contributed by atoms with van der Waals surface area (Å²) < 4.78 is 11.9. The van der Waals surface area contributed by atoms with Crippen LogP contribution in [-0.2, 0) is 15.9 Å². The van der Waals surface area contributed by atoms with Crippen LogP contribution >= 0.6 is 12.4 Å². The summed E-state index contributed by atoms with van der Waals surface area (Å²) in [6, 6.07) is 5.86. The van der Waals surface area contributed by atoms with Gasteiger partial charge in [-0.05, 0) is 26.2 Å². The topological polar surface area (TPSA) is 139 Å². The molecule has 1 fully saturated rings. The Bertz CT molecular complexity index is 1120. The van der Waals surface area contributed by atoms with Gasteiger partial charge in [-0.25, -0.2) is 0 Å². The van der Waals surface area contributed by atoms with Crippen LogP contribution in [0.3, 0.4) is 0 Å². The van der Waals surface area contributed by atoms with E-state index in [1.807, 2.05) is 0 Å². The van der Waals surface area contributed by atoms with Crippen LogP contribution in [0.5, 0.6) is 11.5 Å². The van der Waals surface area contributed by atoms with Gasteiger partial charge < -0.3 is 30.5 Å². The Morgan fingerprint density at radius 2 is 1.67 bits per heavy atom. The Kier molecular flexibility index (Phi) is 6.24. The number of nitrogens with two attached hydrogens (primary N) is 1. The molecular formula is C24H26ClNO7. The molecule has 0 amide bonds. The standard InChI is InChI=1S/C24H25NO7.ClH/c1-10-20(26)14(25)9-16(31-10)32-15-8-4-7-13-17(15)24(30)19-18(23(13)29)21(27)11-5-2-3-6-12(11)22(19)28;/h2-3,5-6,10,14-16,20,26,29-30H,4,7-9,25H2,1H3;1H/t10-,14-,15+,16-,20+;/m0./s1. The minimum absolute atomic E-state index is 0. The summed E-state index contributed by atoms with van der Waals surface area (Å²) in [4.78, 5) is 26.3. The van der Waals surface area contributed by atoms with Crippen molar-refractivity contribution in [2.45, 2.75) is 63.3 Å².